The first-order valence-electron chi connectivity index (χ1n) is 17.8. The highest BCUT2D eigenvalue weighted by atomic mass is 16.5. The zero-order valence-corrected chi connectivity index (χ0v) is 30.1. The van der Waals surface area contributed by atoms with Crippen LogP contribution in [0.25, 0.3) is 0 Å². The van der Waals surface area contributed by atoms with Gasteiger partial charge in [-0.2, -0.15) is 0 Å². The van der Waals surface area contributed by atoms with Crippen molar-refractivity contribution < 1.29 is 29.0 Å². The Hall–Kier alpha value is -4.73. The number of carbonyl (C=O) groups excluding carboxylic acids is 3. The van der Waals surface area contributed by atoms with Crippen LogP contribution in [0.5, 0.6) is 5.75 Å². The van der Waals surface area contributed by atoms with E-state index in [0.29, 0.717) is 37.3 Å². The summed E-state index contributed by atoms with van der Waals surface area (Å²) in [5.74, 6) is -2.08. The molecule has 0 radical (unpaired) electrons. The Balaban J connectivity index is 1.47. The van der Waals surface area contributed by atoms with Gasteiger partial charge in [-0.25, -0.2) is 0 Å². The Morgan fingerprint density at radius 2 is 1.69 bits per heavy atom. The van der Waals surface area contributed by atoms with Crippen LogP contribution in [0, 0.1) is 25.7 Å². The van der Waals surface area contributed by atoms with E-state index < -0.39 is 35.1 Å². The lowest BCUT2D eigenvalue weighted by molar-refractivity contribution is -0.148. The second kappa shape index (κ2) is 14.5. The van der Waals surface area contributed by atoms with E-state index in [1.165, 1.54) is 0 Å². The van der Waals surface area contributed by atoms with Crippen molar-refractivity contribution in [1.82, 2.24) is 4.90 Å². The number of aliphatic hydroxyl groups is 1. The fraction of sp³-hybridized carbons (Fsp3) is 0.405. The number of amides is 3. The molecule has 2 unspecified atom stereocenters. The SMILES string of the molecule is C=CCN(C(=O)[C@H]1[C@H]2C(=O)N([C@@H](CO)Cc3ccccc3)C(C(=O)N(CC=C)c3cc(C)ccc3C)C23CC[C@]1(C)O3)c1ccc(OCC)cc1. The number of hydrogen-bond acceptors (Lipinski definition) is 6. The highest BCUT2D eigenvalue weighted by Crippen LogP contribution is 2.64. The van der Waals surface area contributed by atoms with Crippen LogP contribution in [-0.4, -0.2) is 77.3 Å². The smallest absolute Gasteiger partial charge is 0.253 e. The van der Waals surface area contributed by atoms with E-state index in [4.69, 9.17) is 9.47 Å². The topological polar surface area (TPSA) is 99.6 Å². The summed E-state index contributed by atoms with van der Waals surface area (Å²) in [5, 5.41) is 11.0. The fourth-order valence-electron chi connectivity index (χ4n) is 8.65. The van der Waals surface area contributed by atoms with Gasteiger partial charge < -0.3 is 29.3 Å². The van der Waals surface area contributed by atoms with Crippen LogP contribution < -0.4 is 14.5 Å². The van der Waals surface area contributed by atoms with E-state index in [1.807, 2.05) is 100 Å². The highest BCUT2D eigenvalue weighted by molar-refractivity contribution is 6.07. The van der Waals surface area contributed by atoms with E-state index in [2.05, 4.69) is 13.2 Å². The van der Waals surface area contributed by atoms with Crippen molar-refractivity contribution in [3.05, 3.63) is 115 Å². The maximum absolute atomic E-state index is 15.3. The van der Waals surface area contributed by atoms with Crippen LogP contribution in [-0.2, 0) is 25.5 Å². The van der Waals surface area contributed by atoms with Crippen molar-refractivity contribution in [2.45, 2.75) is 70.2 Å². The molecule has 9 heteroatoms. The van der Waals surface area contributed by atoms with Gasteiger partial charge in [0.25, 0.3) is 5.91 Å². The molecule has 268 valence electrons. The highest BCUT2D eigenvalue weighted by Gasteiger charge is 2.79. The predicted molar refractivity (Wildman–Crippen MR) is 199 cm³/mol. The van der Waals surface area contributed by atoms with Crippen LogP contribution in [0.4, 0.5) is 11.4 Å². The molecule has 3 aliphatic heterocycles. The molecular formula is C42H49N3O6. The van der Waals surface area contributed by atoms with Crippen molar-refractivity contribution in [1.29, 1.82) is 0 Å². The third-order valence-electron chi connectivity index (χ3n) is 10.9. The van der Waals surface area contributed by atoms with Gasteiger partial charge in [-0.3, -0.25) is 14.4 Å². The third kappa shape index (κ3) is 6.27. The number of anilines is 2. The zero-order chi connectivity index (χ0) is 36.5. The van der Waals surface area contributed by atoms with Crippen molar-refractivity contribution in [2.75, 3.05) is 36.1 Å². The molecule has 0 aromatic heterocycles. The molecule has 9 nitrogen and oxygen atoms in total. The van der Waals surface area contributed by atoms with Gasteiger partial charge in [-0.05, 0) is 94.0 Å². The molecule has 3 fully saturated rings. The summed E-state index contributed by atoms with van der Waals surface area (Å²) >= 11 is 0. The van der Waals surface area contributed by atoms with Gasteiger partial charge in [0.2, 0.25) is 11.8 Å². The molecule has 1 spiro atoms. The third-order valence-corrected chi connectivity index (χ3v) is 10.9. The lowest BCUT2D eigenvalue weighted by Gasteiger charge is -2.40. The molecule has 0 saturated carbocycles. The number of nitrogens with zero attached hydrogens (tertiary/aromatic N) is 3. The predicted octanol–water partition coefficient (Wildman–Crippen LogP) is 5.81. The number of aliphatic hydroxyl groups excluding tert-OH is 1. The van der Waals surface area contributed by atoms with E-state index in [1.54, 1.807) is 26.9 Å². The number of aryl methyl sites for hydroxylation is 2. The standard InChI is InChI=1S/C42H49N3O6/c1-7-23-43(31-17-19-33(20-18-31)50-9-3)38(47)35-36-39(48)45(32(27-46)26-30-13-11-10-12-14-30)37(42(36)22-21-41(35,6)51-42)40(49)44(24-8-2)34-25-28(4)15-16-29(34)5/h7-8,10-20,25,32,35-37,46H,1-2,9,21-24,26-27H2,3-6H3/t32-,35-,36+,37?,41+,42?/m1/s1. The Morgan fingerprint density at radius 1 is 1.00 bits per heavy atom. The average Bonchev–Trinajstić information content (AvgIpc) is 3.70. The minimum Gasteiger partial charge on any atom is -0.494 e. The van der Waals surface area contributed by atoms with E-state index in [-0.39, 0.29) is 37.4 Å². The second-order valence-corrected chi connectivity index (χ2v) is 14.2. The summed E-state index contributed by atoms with van der Waals surface area (Å²) in [4.78, 5) is 50.2. The number of hydrogen-bond donors (Lipinski definition) is 1. The molecule has 6 atom stereocenters. The average molecular weight is 692 g/mol. The largest absolute Gasteiger partial charge is 0.494 e. The number of likely N-dealkylation sites (tertiary alicyclic amines) is 1. The molecular weight excluding hydrogens is 642 g/mol. The van der Waals surface area contributed by atoms with Gasteiger partial charge in [0, 0.05) is 24.5 Å². The lowest BCUT2D eigenvalue weighted by atomic mass is 9.66. The molecule has 1 N–H and O–H groups in total. The van der Waals surface area contributed by atoms with Crippen LogP contribution in [0.2, 0.25) is 0 Å². The summed E-state index contributed by atoms with van der Waals surface area (Å²) in [5.41, 5.74) is 1.87. The van der Waals surface area contributed by atoms with Gasteiger partial charge in [0.1, 0.15) is 17.4 Å². The molecule has 51 heavy (non-hydrogen) atoms. The molecule has 3 aromatic carbocycles. The summed E-state index contributed by atoms with van der Waals surface area (Å²) in [6.45, 7) is 16.2. The minimum atomic E-state index is -1.29. The summed E-state index contributed by atoms with van der Waals surface area (Å²) in [6, 6.07) is 21.0. The molecule has 2 bridgehead atoms. The van der Waals surface area contributed by atoms with E-state index in [0.717, 1.165) is 22.4 Å². The normalized spacial score (nSPS) is 25.3. The Morgan fingerprint density at radius 3 is 2.33 bits per heavy atom. The number of fused-ring (bicyclic) bond motifs is 1. The molecule has 3 saturated heterocycles. The minimum absolute atomic E-state index is 0.204. The number of benzene rings is 3. The van der Waals surface area contributed by atoms with Gasteiger partial charge >= 0.3 is 0 Å². The van der Waals surface area contributed by atoms with Gasteiger partial charge in [-0.1, -0.05) is 54.6 Å². The second-order valence-electron chi connectivity index (χ2n) is 14.2. The maximum atomic E-state index is 15.3. The maximum Gasteiger partial charge on any atom is 0.253 e. The van der Waals surface area contributed by atoms with Crippen LogP contribution in [0.1, 0.15) is 43.4 Å². The summed E-state index contributed by atoms with van der Waals surface area (Å²) < 4.78 is 12.6. The first kappa shape index (κ1) is 36.1. The van der Waals surface area contributed by atoms with Gasteiger partial charge in [0.05, 0.1) is 36.7 Å². The molecule has 6 rings (SSSR count). The number of ether oxygens (including phenoxy) is 2. The number of carbonyl (C=O) groups is 3. The van der Waals surface area contributed by atoms with Crippen LogP contribution in [0.3, 0.4) is 0 Å². The van der Waals surface area contributed by atoms with E-state index in [9.17, 15) is 9.90 Å². The Kier molecular flexibility index (Phi) is 10.2. The van der Waals surface area contributed by atoms with Crippen LogP contribution >= 0.6 is 0 Å². The van der Waals surface area contributed by atoms with Crippen LogP contribution in [0.15, 0.2) is 98.1 Å². The lowest BCUT2D eigenvalue weighted by Crippen LogP contribution is -2.59. The van der Waals surface area contributed by atoms with Crippen molar-refractivity contribution in [3.8, 4) is 5.75 Å². The summed E-state index contributed by atoms with van der Waals surface area (Å²) in [6.07, 6.45) is 4.57. The fourth-order valence-corrected chi connectivity index (χ4v) is 8.65. The quantitative estimate of drug-likeness (QED) is 0.215. The van der Waals surface area contributed by atoms with E-state index >= 15 is 9.59 Å². The number of rotatable bonds is 14. The first-order chi connectivity index (χ1) is 24.5. The molecule has 3 aromatic rings. The Bertz CT molecular complexity index is 1790. The van der Waals surface area contributed by atoms with Gasteiger partial charge in [0.15, 0.2) is 0 Å². The Labute approximate surface area is 301 Å². The zero-order valence-electron chi connectivity index (χ0n) is 30.1. The molecule has 3 heterocycles. The van der Waals surface area contributed by atoms with Crippen molar-refractivity contribution >= 4 is 29.1 Å². The van der Waals surface area contributed by atoms with Crippen molar-refractivity contribution in [2.24, 2.45) is 11.8 Å². The molecule has 3 aliphatic rings. The monoisotopic (exact) mass is 691 g/mol. The van der Waals surface area contributed by atoms with Gasteiger partial charge in [-0.15, -0.1) is 13.2 Å². The summed E-state index contributed by atoms with van der Waals surface area (Å²) in [7, 11) is 0. The van der Waals surface area contributed by atoms with Crippen molar-refractivity contribution in [3.63, 3.8) is 0 Å². The molecule has 0 aliphatic carbocycles. The first-order valence-corrected chi connectivity index (χ1v) is 17.8. The molecule has 3 amide bonds.